The van der Waals surface area contributed by atoms with E-state index in [9.17, 15) is 23.5 Å². The molecule has 1 heterocycles. The Kier molecular flexibility index (Phi) is 9.18. The van der Waals surface area contributed by atoms with Gasteiger partial charge in [0.05, 0.1) is 24.3 Å². The van der Waals surface area contributed by atoms with Gasteiger partial charge in [0.2, 0.25) is 0 Å². The lowest BCUT2D eigenvalue weighted by Gasteiger charge is -2.25. The van der Waals surface area contributed by atoms with Crippen molar-refractivity contribution in [2.75, 3.05) is 11.6 Å². The Bertz CT molecular complexity index is 1330. The van der Waals surface area contributed by atoms with Gasteiger partial charge in [-0.15, -0.1) is 0 Å². The Morgan fingerprint density at radius 3 is 2.42 bits per heavy atom. The predicted molar refractivity (Wildman–Crippen MR) is 150 cm³/mol. The van der Waals surface area contributed by atoms with Gasteiger partial charge in [0.15, 0.2) is 0 Å². The van der Waals surface area contributed by atoms with Gasteiger partial charge in [0, 0.05) is 34.0 Å². The number of amides is 2. The van der Waals surface area contributed by atoms with Crippen LogP contribution in [0, 0.1) is 15.2 Å². The van der Waals surface area contributed by atoms with Crippen molar-refractivity contribution < 1.29 is 23.5 Å². The van der Waals surface area contributed by atoms with Crippen molar-refractivity contribution >= 4 is 45.8 Å². The van der Waals surface area contributed by atoms with Gasteiger partial charge in [-0.25, -0.2) is 13.8 Å². The first-order valence-electron chi connectivity index (χ1n) is 12.0. The molecule has 4 rings (SSSR count). The summed E-state index contributed by atoms with van der Waals surface area (Å²) in [4.78, 5) is 25.1. The SMILES string of the molecule is CC1=NN(c2ccc(C(=O)N[C@@H](Cc3cc(F)cc(F)c3)[C@H](O)CNCc3cccc(I)c3)cc2)C(=O)C1. The summed E-state index contributed by atoms with van der Waals surface area (Å²) in [5.74, 6) is -2.09. The molecule has 198 valence electrons. The third kappa shape index (κ3) is 7.42. The molecule has 0 fully saturated rings. The van der Waals surface area contributed by atoms with Crippen LogP contribution in [0.4, 0.5) is 14.5 Å². The van der Waals surface area contributed by atoms with Gasteiger partial charge in [-0.2, -0.15) is 5.10 Å². The first-order valence-corrected chi connectivity index (χ1v) is 13.1. The zero-order valence-corrected chi connectivity index (χ0v) is 22.8. The van der Waals surface area contributed by atoms with Crippen LogP contribution < -0.4 is 15.6 Å². The maximum absolute atomic E-state index is 13.8. The number of halogens is 3. The van der Waals surface area contributed by atoms with Crippen LogP contribution in [0.15, 0.2) is 71.8 Å². The van der Waals surface area contributed by atoms with Gasteiger partial charge < -0.3 is 15.7 Å². The second-order valence-corrected chi connectivity index (χ2v) is 10.4. The fourth-order valence-corrected chi connectivity index (χ4v) is 4.79. The largest absolute Gasteiger partial charge is 0.390 e. The number of nitrogens with zero attached hydrogens (tertiary/aromatic N) is 2. The van der Waals surface area contributed by atoms with Crippen LogP contribution in [-0.4, -0.2) is 41.3 Å². The molecule has 2 amide bonds. The molecular formula is C28H27F2IN4O3. The van der Waals surface area contributed by atoms with Crippen molar-refractivity contribution in [3.8, 4) is 0 Å². The van der Waals surface area contributed by atoms with Crippen LogP contribution in [0.25, 0.3) is 0 Å². The third-order valence-corrected chi connectivity index (χ3v) is 6.69. The number of rotatable bonds is 10. The Morgan fingerprint density at radius 1 is 1.08 bits per heavy atom. The zero-order chi connectivity index (χ0) is 27.2. The molecule has 3 aromatic rings. The molecule has 0 radical (unpaired) electrons. The second kappa shape index (κ2) is 12.5. The van der Waals surface area contributed by atoms with Crippen LogP contribution in [0.2, 0.25) is 0 Å². The zero-order valence-electron chi connectivity index (χ0n) is 20.6. The molecular weight excluding hydrogens is 605 g/mol. The maximum atomic E-state index is 13.8. The van der Waals surface area contributed by atoms with Gasteiger partial charge in [-0.3, -0.25) is 9.59 Å². The summed E-state index contributed by atoms with van der Waals surface area (Å²) in [6.07, 6.45) is -0.784. The standard InChI is InChI=1S/C28H27F2IN4O3/c1-17-9-27(37)35(34-17)24-7-5-20(6-8-24)28(38)33-25(13-19-10-21(29)14-22(30)11-19)26(36)16-32-15-18-3-2-4-23(31)12-18/h2-8,10-12,14,25-26,32,36H,9,13,15-16H2,1H3,(H,33,38)/t25-,26+/m0/s1. The predicted octanol–water partition coefficient (Wildman–Crippen LogP) is 4.17. The van der Waals surface area contributed by atoms with Crippen molar-refractivity contribution in [3.63, 3.8) is 0 Å². The average Bonchev–Trinajstić information content (AvgIpc) is 3.20. The van der Waals surface area contributed by atoms with E-state index >= 15 is 0 Å². The van der Waals surface area contributed by atoms with Crippen LogP contribution in [-0.2, 0) is 17.8 Å². The summed E-state index contributed by atoms with van der Waals surface area (Å²) in [6, 6.07) is 16.5. The van der Waals surface area contributed by atoms with Crippen molar-refractivity contribution in [1.29, 1.82) is 0 Å². The summed E-state index contributed by atoms with van der Waals surface area (Å²) < 4.78 is 28.7. The molecule has 2 atom stereocenters. The molecule has 0 saturated carbocycles. The molecule has 1 aliphatic heterocycles. The molecule has 38 heavy (non-hydrogen) atoms. The van der Waals surface area contributed by atoms with Gasteiger partial charge in [-0.1, -0.05) is 12.1 Å². The summed E-state index contributed by atoms with van der Waals surface area (Å²) in [5.41, 5.74) is 2.89. The molecule has 0 saturated heterocycles. The van der Waals surface area contributed by atoms with E-state index in [4.69, 9.17) is 0 Å². The van der Waals surface area contributed by atoms with E-state index in [2.05, 4.69) is 38.3 Å². The Morgan fingerprint density at radius 2 is 1.79 bits per heavy atom. The molecule has 3 N–H and O–H groups in total. The minimum Gasteiger partial charge on any atom is -0.390 e. The van der Waals surface area contributed by atoms with E-state index < -0.39 is 29.7 Å². The van der Waals surface area contributed by atoms with Gasteiger partial charge in [-0.05, 0) is 95.6 Å². The lowest BCUT2D eigenvalue weighted by molar-refractivity contribution is -0.116. The highest BCUT2D eigenvalue weighted by Crippen LogP contribution is 2.21. The van der Waals surface area contributed by atoms with Gasteiger partial charge >= 0.3 is 0 Å². The van der Waals surface area contributed by atoms with E-state index in [1.54, 1.807) is 31.2 Å². The van der Waals surface area contributed by atoms with Gasteiger partial charge in [0.25, 0.3) is 11.8 Å². The second-order valence-electron chi connectivity index (χ2n) is 9.15. The highest BCUT2D eigenvalue weighted by atomic mass is 127. The average molecular weight is 632 g/mol. The minimum absolute atomic E-state index is 0.0147. The number of carbonyl (C=O) groups excluding carboxylic acids is 2. The van der Waals surface area contributed by atoms with Crippen molar-refractivity contribution in [3.05, 3.63) is 98.6 Å². The Hall–Kier alpha value is -3.22. The van der Waals surface area contributed by atoms with Crippen LogP contribution in [0.3, 0.4) is 0 Å². The smallest absolute Gasteiger partial charge is 0.253 e. The van der Waals surface area contributed by atoms with Crippen LogP contribution in [0.5, 0.6) is 0 Å². The van der Waals surface area contributed by atoms with Crippen molar-refractivity contribution in [2.45, 2.75) is 38.5 Å². The third-order valence-electron chi connectivity index (χ3n) is 6.02. The molecule has 0 spiro atoms. The summed E-state index contributed by atoms with van der Waals surface area (Å²) in [7, 11) is 0. The number of carbonyl (C=O) groups is 2. The van der Waals surface area contributed by atoms with Gasteiger partial charge in [0.1, 0.15) is 11.6 Å². The molecule has 0 bridgehead atoms. The summed E-state index contributed by atoms with van der Waals surface area (Å²) in [6.45, 7) is 2.41. The van der Waals surface area contributed by atoms with Crippen molar-refractivity contribution in [1.82, 2.24) is 10.6 Å². The molecule has 10 heteroatoms. The number of aliphatic hydroxyl groups excluding tert-OH is 1. The van der Waals surface area contributed by atoms with E-state index in [1.165, 1.54) is 17.1 Å². The minimum atomic E-state index is -1.05. The van der Waals surface area contributed by atoms with E-state index in [0.29, 0.717) is 29.1 Å². The molecule has 0 unspecified atom stereocenters. The number of benzene rings is 3. The summed E-state index contributed by atoms with van der Waals surface area (Å²) >= 11 is 2.22. The fraction of sp³-hybridized carbons (Fsp3) is 0.250. The maximum Gasteiger partial charge on any atom is 0.253 e. The van der Waals surface area contributed by atoms with E-state index in [1.807, 2.05) is 24.3 Å². The number of hydrazone groups is 1. The highest BCUT2D eigenvalue weighted by Gasteiger charge is 2.25. The van der Waals surface area contributed by atoms with E-state index in [0.717, 1.165) is 15.2 Å². The quantitative estimate of drug-likeness (QED) is 0.293. The lowest BCUT2D eigenvalue weighted by Crippen LogP contribution is -2.48. The number of nitrogens with one attached hydrogen (secondary N) is 2. The molecule has 3 aromatic carbocycles. The first kappa shape index (κ1) is 27.8. The fourth-order valence-electron chi connectivity index (χ4n) is 4.18. The molecule has 7 nitrogen and oxygen atoms in total. The topological polar surface area (TPSA) is 94.0 Å². The lowest BCUT2D eigenvalue weighted by atomic mass is 10.00. The molecule has 0 aromatic heterocycles. The Labute approximate surface area is 233 Å². The van der Waals surface area contributed by atoms with Crippen LogP contribution >= 0.6 is 22.6 Å². The number of aliphatic hydroxyl groups is 1. The normalized spacial score (nSPS) is 14.8. The van der Waals surface area contributed by atoms with Crippen LogP contribution in [0.1, 0.15) is 34.8 Å². The summed E-state index contributed by atoms with van der Waals surface area (Å²) in [5, 5.41) is 22.4. The van der Waals surface area contributed by atoms with E-state index in [-0.39, 0.29) is 25.3 Å². The number of hydrogen-bond acceptors (Lipinski definition) is 5. The first-order chi connectivity index (χ1) is 18.2. The highest BCUT2D eigenvalue weighted by molar-refractivity contribution is 14.1. The monoisotopic (exact) mass is 632 g/mol. The Balaban J connectivity index is 1.46. The molecule has 1 aliphatic rings. The number of anilines is 1. The van der Waals surface area contributed by atoms with Crippen molar-refractivity contribution in [2.24, 2.45) is 5.10 Å². The number of hydrogen-bond donors (Lipinski definition) is 3. The molecule has 0 aliphatic carbocycles.